The highest BCUT2D eigenvalue weighted by molar-refractivity contribution is 5.89. The van der Waals surface area contributed by atoms with Crippen molar-refractivity contribution in [2.45, 2.75) is 46.7 Å². The molecule has 1 aromatic carbocycles. The summed E-state index contributed by atoms with van der Waals surface area (Å²) < 4.78 is 5.68. The zero-order valence-electron chi connectivity index (χ0n) is 22.4. The number of ether oxygens (including phenoxy) is 1. The Balaban J connectivity index is 1.63. The summed E-state index contributed by atoms with van der Waals surface area (Å²) in [6.45, 7) is 14.0. The number of benzene rings is 1. The van der Waals surface area contributed by atoms with Gasteiger partial charge in [-0.3, -0.25) is 9.69 Å². The van der Waals surface area contributed by atoms with Crippen LogP contribution >= 0.6 is 0 Å². The molecule has 2 aliphatic heterocycles. The van der Waals surface area contributed by atoms with E-state index >= 15 is 0 Å². The zero-order chi connectivity index (χ0) is 26.4. The van der Waals surface area contributed by atoms with Crippen LogP contribution in [0, 0.1) is 0 Å². The van der Waals surface area contributed by atoms with Crippen LogP contribution in [0.2, 0.25) is 0 Å². The number of carbonyl (C=O) groups is 2. The van der Waals surface area contributed by atoms with Crippen LogP contribution in [0.4, 0.5) is 16.3 Å². The molecule has 0 unspecified atom stereocenters. The van der Waals surface area contributed by atoms with E-state index in [1.807, 2.05) is 49.9 Å². The predicted octanol–water partition coefficient (Wildman–Crippen LogP) is 2.74. The minimum Gasteiger partial charge on any atom is -0.377 e. The van der Waals surface area contributed by atoms with Gasteiger partial charge in [-0.1, -0.05) is 0 Å². The smallest absolute Gasteiger partial charge is 0.319 e. The lowest BCUT2D eigenvalue weighted by Gasteiger charge is -2.38. The van der Waals surface area contributed by atoms with Gasteiger partial charge in [-0.25, -0.2) is 14.8 Å². The highest BCUT2D eigenvalue weighted by Crippen LogP contribution is 2.31. The molecule has 3 amide bonds. The summed E-state index contributed by atoms with van der Waals surface area (Å²) in [4.78, 5) is 41.1. The van der Waals surface area contributed by atoms with Crippen LogP contribution in [-0.2, 0) is 22.5 Å². The monoisotopic (exact) mass is 509 g/mol. The first-order chi connectivity index (χ1) is 17.9. The Hall–Kier alpha value is -3.24. The Morgan fingerprint density at radius 1 is 1.11 bits per heavy atom. The number of urea groups is 1. The van der Waals surface area contributed by atoms with Gasteiger partial charge in [-0.15, -0.1) is 0 Å². The molecule has 0 saturated carbocycles. The van der Waals surface area contributed by atoms with Crippen molar-refractivity contribution < 1.29 is 14.3 Å². The summed E-state index contributed by atoms with van der Waals surface area (Å²) in [5.74, 6) is 1.77. The maximum Gasteiger partial charge on any atom is 0.319 e. The first-order valence-electron chi connectivity index (χ1n) is 13.3. The number of anilines is 2. The van der Waals surface area contributed by atoms with Crippen LogP contribution in [0.3, 0.4) is 0 Å². The number of amides is 3. The molecule has 10 nitrogen and oxygen atoms in total. The molecule has 2 aliphatic rings. The summed E-state index contributed by atoms with van der Waals surface area (Å²) in [6.07, 6.45) is 0.802. The van der Waals surface area contributed by atoms with E-state index in [0.29, 0.717) is 44.4 Å². The molecule has 2 N–H and O–H groups in total. The molecule has 10 heteroatoms. The number of morpholine rings is 1. The Labute approximate surface area is 219 Å². The van der Waals surface area contributed by atoms with E-state index in [-0.39, 0.29) is 18.0 Å². The lowest BCUT2D eigenvalue weighted by atomic mass is 10.0. The van der Waals surface area contributed by atoms with Crippen LogP contribution in [0.5, 0.6) is 0 Å². The Morgan fingerprint density at radius 3 is 2.54 bits per heavy atom. The van der Waals surface area contributed by atoms with Crippen molar-refractivity contribution in [3.63, 3.8) is 0 Å². The number of nitrogens with one attached hydrogen (secondary N) is 2. The fraction of sp³-hybridized carbons (Fsp3) is 0.556. The second-order valence-electron chi connectivity index (χ2n) is 9.50. The third kappa shape index (κ3) is 6.37. The van der Waals surface area contributed by atoms with Crippen LogP contribution in [0.25, 0.3) is 11.4 Å². The van der Waals surface area contributed by atoms with Crippen molar-refractivity contribution in [1.82, 2.24) is 25.1 Å². The largest absolute Gasteiger partial charge is 0.377 e. The number of rotatable bonds is 8. The average molecular weight is 510 g/mol. The van der Waals surface area contributed by atoms with E-state index in [1.54, 1.807) is 0 Å². The third-order valence-corrected chi connectivity index (χ3v) is 6.98. The van der Waals surface area contributed by atoms with Gasteiger partial charge in [0.25, 0.3) is 0 Å². The minimum atomic E-state index is -0.233. The molecule has 1 saturated heterocycles. The summed E-state index contributed by atoms with van der Waals surface area (Å²) in [5.41, 5.74) is 3.72. The molecule has 0 radical (unpaired) electrons. The standard InChI is InChI=1S/C27H39N7O3/c1-5-28-27(36)29-21-10-8-20(9-11-21)25-30-23-16-32(17-24(35)33(6-2)7-3)13-12-22(23)26(31-25)34-14-15-37-18-19(34)4/h8-11,19H,5-7,12-18H2,1-4H3,(H2,28,29,36)/t19-/m0/s1. The van der Waals surface area contributed by atoms with E-state index < -0.39 is 0 Å². The second kappa shape index (κ2) is 12.3. The van der Waals surface area contributed by atoms with Crippen LogP contribution in [0.1, 0.15) is 39.0 Å². The number of carbonyl (C=O) groups excluding carboxylic acids is 2. The molecule has 3 heterocycles. The predicted molar refractivity (Wildman–Crippen MR) is 145 cm³/mol. The second-order valence-corrected chi connectivity index (χ2v) is 9.50. The van der Waals surface area contributed by atoms with Gasteiger partial charge in [-0.05, 0) is 58.4 Å². The molecule has 200 valence electrons. The molecular formula is C27H39N7O3. The number of fused-ring (bicyclic) bond motifs is 1. The van der Waals surface area contributed by atoms with Gasteiger partial charge in [0, 0.05) is 56.1 Å². The van der Waals surface area contributed by atoms with E-state index in [2.05, 4.69) is 27.4 Å². The number of likely N-dealkylation sites (N-methyl/N-ethyl adjacent to an activating group) is 1. The highest BCUT2D eigenvalue weighted by Gasteiger charge is 2.30. The number of hydrogen-bond acceptors (Lipinski definition) is 7. The molecular weight excluding hydrogens is 470 g/mol. The van der Waals surface area contributed by atoms with E-state index in [0.717, 1.165) is 49.7 Å². The van der Waals surface area contributed by atoms with Crippen molar-refractivity contribution >= 4 is 23.4 Å². The molecule has 1 atom stereocenters. The van der Waals surface area contributed by atoms with Gasteiger partial charge in [-0.2, -0.15) is 0 Å². The van der Waals surface area contributed by atoms with Crippen LogP contribution < -0.4 is 15.5 Å². The summed E-state index contributed by atoms with van der Waals surface area (Å²) in [7, 11) is 0. The normalized spacial score (nSPS) is 17.7. The fourth-order valence-corrected chi connectivity index (χ4v) is 4.91. The fourth-order valence-electron chi connectivity index (χ4n) is 4.91. The first kappa shape index (κ1) is 26.8. The molecule has 0 bridgehead atoms. The molecule has 4 rings (SSSR count). The molecule has 0 spiro atoms. The van der Waals surface area contributed by atoms with Crippen molar-refractivity contribution in [1.29, 1.82) is 0 Å². The van der Waals surface area contributed by atoms with Gasteiger partial charge >= 0.3 is 6.03 Å². The maximum atomic E-state index is 12.8. The summed E-state index contributed by atoms with van der Waals surface area (Å²) in [6, 6.07) is 7.56. The molecule has 1 aromatic heterocycles. The van der Waals surface area contributed by atoms with Crippen molar-refractivity contribution in [3.05, 3.63) is 35.5 Å². The minimum absolute atomic E-state index is 0.153. The first-order valence-corrected chi connectivity index (χ1v) is 13.3. The molecule has 1 fully saturated rings. The highest BCUT2D eigenvalue weighted by atomic mass is 16.5. The number of aromatic nitrogens is 2. The Morgan fingerprint density at radius 2 is 1.86 bits per heavy atom. The molecule has 2 aromatic rings. The van der Waals surface area contributed by atoms with E-state index in [9.17, 15) is 9.59 Å². The lowest BCUT2D eigenvalue weighted by Crippen LogP contribution is -2.46. The SMILES string of the molecule is CCNC(=O)Nc1ccc(-c2nc3c(c(N4CCOC[C@@H]4C)n2)CCN(CC(=O)N(CC)CC)C3)cc1. The van der Waals surface area contributed by atoms with Crippen molar-refractivity contribution in [2.24, 2.45) is 0 Å². The molecule has 0 aliphatic carbocycles. The molecule has 37 heavy (non-hydrogen) atoms. The number of hydrogen-bond donors (Lipinski definition) is 2. The third-order valence-electron chi connectivity index (χ3n) is 6.98. The van der Waals surface area contributed by atoms with Gasteiger partial charge in [0.05, 0.1) is 31.5 Å². The summed E-state index contributed by atoms with van der Waals surface area (Å²) in [5, 5.41) is 5.56. The van der Waals surface area contributed by atoms with Crippen LogP contribution in [0.15, 0.2) is 24.3 Å². The van der Waals surface area contributed by atoms with Crippen molar-refractivity contribution in [2.75, 3.05) is 62.7 Å². The summed E-state index contributed by atoms with van der Waals surface area (Å²) >= 11 is 0. The van der Waals surface area contributed by atoms with Crippen molar-refractivity contribution in [3.8, 4) is 11.4 Å². The van der Waals surface area contributed by atoms with Gasteiger partial charge in [0.1, 0.15) is 5.82 Å². The number of nitrogens with zero attached hydrogens (tertiary/aromatic N) is 5. The van der Waals surface area contributed by atoms with Gasteiger partial charge < -0.3 is 25.2 Å². The topological polar surface area (TPSA) is 103 Å². The van der Waals surface area contributed by atoms with Gasteiger partial charge in [0.2, 0.25) is 5.91 Å². The van der Waals surface area contributed by atoms with E-state index in [1.165, 1.54) is 5.56 Å². The van der Waals surface area contributed by atoms with Crippen LogP contribution in [-0.4, -0.2) is 90.2 Å². The lowest BCUT2D eigenvalue weighted by molar-refractivity contribution is -0.132. The average Bonchev–Trinajstić information content (AvgIpc) is 2.89. The zero-order valence-corrected chi connectivity index (χ0v) is 22.4. The Bertz CT molecular complexity index is 1090. The Kier molecular flexibility index (Phi) is 8.94. The van der Waals surface area contributed by atoms with Gasteiger partial charge in [0.15, 0.2) is 5.82 Å². The maximum absolute atomic E-state index is 12.8. The van der Waals surface area contributed by atoms with E-state index in [4.69, 9.17) is 14.7 Å². The quantitative estimate of drug-likeness (QED) is 0.564.